The molecule has 0 aromatic heterocycles. The van der Waals surface area contributed by atoms with Crippen molar-refractivity contribution in [3.63, 3.8) is 0 Å². The Balaban J connectivity index is 2.09. The Bertz CT molecular complexity index is 423. The van der Waals surface area contributed by atoms with Gasteiger partial charge in [0.2, 0.25) is 0 Å². The first-order valence-electron chi connectivity index (χ1n) is 5.73. The number of halogens is 5. The Kier molecular flexibility index (Phi) is 3.66. The van der Waals surface area contributed by atoms with Gasteiger partial charge in [-0.05, 0) is 37.2 Å². The van der Waals surface area contributed by atoms with E-state index in [1.54, 1.807) is 0 Å². The summed E-state index contributed by atoms with van der Waals surface area (Å²) in [7, 11) is 0. The zero-order chi connectivity index (χ0) is 14.1. The van der Waals surface area contributed by atoms with E-state index in [0.717, 1.165) is 37.2 Å². The van der Waals surface area contributed by atoms with Crippen LogP contribution < -0.4 is 10.1 Å². The Morgan fingerprint density at radius 3 is 2.16 bits per heavy atom. The van der Waals surface area contributed by atoms with Gasteiger partial charge >= 0.3 is 12.1 Å². The van der Waals surface area contributed by atoms with Gasteiger partial charge in [0.25, 0.3) is 0 Å². The van der Waals surface area contributed by atoms with Gasteiger partial charge in [0, 0.05) is 12.1 Å². The van der Waals surface area contributed by atoms with Crippen LogP contribution in [0.5, 0.6) is 5.75 Å². The maximum absolute atomic E-state index is 13.0. The maximum atomic E-state index is 13.0. The third-order valence-electron chi connectivity index (χ3n) is 2.89. The molecule has 1 unspecified atom stereocenters. The summed E-state index contributed by atoms with van der Waals surface area (Å²) in [6.07, 6.45) is -4.89. The minimum atomic E-state index is -5.59. The van der Waals surface area contributed by atoms with Crippen LogP contribution in [0.2, 0.25) is 0 Å². The average Bonchev–Trinajstić information content (AvgIpc) is 2.81. The van der Waals surface area contributed by atoms with Crippen LogP contribution in [-0.2, 0) is 5.92 Å². The molecular formula is C12H12F5NO. The van der Waals surface area contributed by atoms with Gasteiger partial charge in [0.1, 0.15) is 11.9 Å². The first kappa shape index (κ1) is 14.0. The van der Waals surface area contributed by atoms with Gasteiger partial charge < -0.3 is 10.1 Å². The van der Waals surface area contributed by atoms with E-state index in [0.29, 0.717) is 6.54 Å². The van der Waals surface area contributed by atoms with Gasteiger partial charge in [0.15, 0.2) is 0 Å². The molecule has 0 bridgehead atoms. The van der Waals surface area contributed by atoms with E-state index >= 15 is 0 Å². The topological polar surface area (TPSA) is 21.3 Å². The Labute approximate surface area is 106 Å². The molecule has 1 heterocycles. The molecule has 1 aliphatic heterocycles. The van der Waals surface area contributed by atoms with Crippen LogP contribution >= 0.6 is 0 Å². The number of nitrogens with one attached hydrogen (secondary N) is 1. The van der Waals surface area contributed by atoms with Crippen molar-refractivity contribution < 1.29 is 26.7 Å². The second kappa shape index (κ2) is 4.96. The lowest BCUT2D eigenvalue weighted by Gasteiger charge is -2.20. The van der Waals surface area contributed by atoms with Crippen molar-refractivity contribution in [1.29, 1.82) is 0 Å². The molecule has 0 saturated carbocycles. The molecule has 1 aromatic carbocycles. The highest BCUT2D eigenvalue weighted by molar-refractivity contribution is 5.30. The Hall–Kier alpha value is -1.37. The normalized spacial score (nSPS) is 20.6. The molecular weight excluding hydrogens is 269 g/mol. The highest BCUT2D eigenvalue weighted by Gasteiger charge is 2.58. The van der Waals surface area contributed by atoms with Crippen molar-refractivity contribution >= 4 is 0 Å². The standard InChI is InChI=1S/C12H12F5NO/c13-11(14,12(15,16)17)8-1-3-9(4-2-8)19-10-5-6-18-7-10/h1-4,10,18H,5-7H2. The predicted molar refractivity (Wildman–Crippen MR) is 58.3 cm³/mol. The largest absolute Gasteiger partial charge is 0.489 e. The van der Waals surface area contributed by atoms with Gasteiger partial charge in [-0.25, -0.2) is 0 Å². The monoisotopic (exact) mass is 281 g/mol. The number of rotatable bonds is 3. The summed E-state index contributed by atoms with van der Waals surface area (Å²) in [6.45, 7) is 1.44. The fourth-order valence-electron chi connectivity index (χ4n) is 1.83. The zero-order valence-electron chi connectivity index (χ0n) is 9.81. The lowest BCUT2D eigenvalue weighted by Crippen LogP contribution is -2.33. The van der Waals surface area contributed by atoms with E-state index in [-0.39, 0.29) is 11.9 Å². The second-order valence-electron chi connectivity index (χ2n) is 4.33. The second-order valence-corrected chi connectivity index (χ2v) is 4.33. The molecule has 0 amide bonds. The first-order chi connectivity index (χ1) is 8.80. The van der Waals surface area contributed by atoms with Crippen molar-refractivity contribution in [1.82, 2.24) is 5.32 Å². The van der Waals surface area contributed by atoms with Crippen molar-refractivity contribution in [3.05, 3.63) is 29.8 Å². The van der Waals surface area contributed by atoms with Gasteiger partial charge in [-0.2, -0.15) is 22.0 Å². The first-order valence-corrected chi connectivity index (χ1v) is 5.73. The summed E-state index contributed by atoms with van der Waals surface area (Å²) in [6, 6.07) is 3.75. The minimum absolute atomic E-state index is 0.0750. The molecule has 2 nitrogen and oxygen atoms in total. The van der Waals surface area contributed by atoms with Crippen LogP contribution in [0.25, 0.3) is 0 Å². The van der Waals surface area contributed by atoms with Crippen LogP contribution in [0.4, 0.5) is 22.0 Å². The lowest BCUT2D eigenvalue weighted by atomic mass is 10.1. The summed E-state index contributed by atoms with van der Waals surface area (Å²) in [5.41, 5.74) is -1.09. The molecule has 2 rings (SSSR count). The third kappa shape index (κ3) is 2.97. The molecule has 0 radical (unpaired) electrons. The van der Waals surface area contributed by atoms with Crippen LogP contribution in [0, 0.1) is 0 Å². The smallest absolute Gasteiger partial charge is 0.458 e. The van der Waals surface area contributed by atoms with Crippen molar-refractivity contribution in [3.8, 4) is 5.75 Å². The quantitative estimate of drug-likeness (QED) is 0.860. The summed E-state index contributed by atoms with van der Waals surface area (Å²) in [4.78, 5) is 0. The average molecular weight is 281 g/mol. The van der Waals surface area contributed by atoms with E-state index in [1.165, 1.54) is 0 Å². The Morgan fingerprint density at radius 1 is 1.05 bits per heavy atom. The maximum Gasteiger partial charge on any atom is 0.458 e. The van der Waals surface area contributed by atoms with E-state index in [1.807, 2.05) is 0 Å². The van der Waals surface area contributed by atoms with E-state index in [9.17, 15) is 22.0 Å². The number of ether oxygens (including phenoxy) is 1. The molecule has 106 valence electrons. The van der Waals surface area contributed by atoms with Gasteiger partial charge in [-0.1, -0.05) is 0 Å². The fraction of sp³-hybridized carbons (Fsp3) is 0.500. The fourth-order valence-corrected chi connectivity index (χ4v) is 1.83. The van der Waals surface area contributed by atoms with Gasteiger partial charge in [-0.3, -0.25) is 0 Å². The molecule has 1 atom stereocenters. The summed E-state index contributed by atoms with van der Waals surface area (Å²) < 4.78 is 68.0. The number of benzene rings is 1. The molecule has 19 heavy (non-hydrogen) atoms. The molecule has 7 heteroatoms. The molecule has 0 aliphatic carbocycles. The minimum Gasteiger partial charge on any atom is -0.489 e. The van der Waals surface area contributed by atoms with Crippen molar-refractivity contribution in [2.24, 2.45) is 0 Å². The molecule has 0 spiro atoms. The van der Waals surface area contributed by atoms with Crippen LogP contribution in [0.1, 0.15) is 12.0 Å². The molecule has 1 N–H and O–H groups in total. The molecule has 1 fully saturated rings. The van der Waals surface area contributed by atoms with Crippen molar-refractivity contribution in [2.45, 2.75) is 24.6 Å². The number of hydrogen-bond acceptors (Lipinski definition) is 2. The highest BCUT2D eigenvalue weighted by Crippen LogP contribution is 2.44. The van der Waals surface area contributed by atoms with Gasteiger partial charge in [0.05, 0.1) is 0 Å². The van der Waals surface area contributed by atoms with Crippen LogP contribution in [0.3, 0.4) is 0 Å². The zero-order valence-corrected chi connectivity index (χ0v) is 9.81. The summed E-state index contributed by atoms with van der Waals surface area (Å²) in [5, 5.41) is 3.05. The highest BCUT2D eigenvalue weighted by atomic mass is 19.4. The van der Waals surface area contributed by atoms with Crippen LogP contribution in [-0.4, -0.2) is 25.4 Å². The predicted octanol–water partition coefficient (Wildman–Crippen LogP) is 3.08. The SMILES string of the molecule is FC(F)(F)C(F)(F)c1ccc(OC2CCNC2)cc1. The molecule has 1 aromatic rings. The summed E-state index contributed by atoms with van der Waals surface area (Å²) in [5.74, 6) is -4.56. The molecule has 1 saturated heterocycles. The van der Waals surface area contributed by atoms with Crippen LogP contribution in [0.15, 0.2) is 24.3 Å². The third-order valence-corrected chi connectivity index (χ3v) is 2.89. The number of hydrogen-bond donors (Lipinski definition) is 1. The van der Waals surface area contributed by atoms with Crippen molar-refractivity contribution in [2.75, 3.05) is 13.1 Å². The van der Waals surface area contributed by atoms with E-state index in [2.05, 4.69) is 5.32 Å². The van der Waals surface area contributed by atoms with E-state index in [4.69, 9.17) is 4.74 Å². The van der Waals surface area contributed by atoms with Gasteiger partial charge in [-0.15, -0.1) is 0 Å². The lowest BCUT2D eigenvalue weighted by molar-refractivity contribution is -0.289. The summed E-state index contributed by atoms with van der Waals surface area (Å²) >= 11 is 0. The Morgan fingerprint density at radius 2 is 1.68 bits per heavy atom. The molecule has 1 aliphatic rings. The van der Waals surface area contributed by atoms with E-state index < -0.39 is 17.7 Å². The number of alkyl halides is 5.